The number of nitrogens with zero attached hydrogens (tertiary/aromatic N) is 2. The number of carbonyl (C=O) groups is 2. The summed E-state index contributed by atoms with van der Waals surface area (Å²) in [6, 6.07) is 25.9. The summed E-state index contributed by atoms with van der Waals surface area (Å²) in [5, 5.41) is 4.14. The third kappa shape index (κ3) is 8.19. The molecule has 7 nitrogen and oxygen atoms in total. The Kier molecular flexibility index (Phi) is 10.1. The highest BCUT2D eigenvalue weighted by Gasteiger charge is 2.22. The Balaban J connectivity index is 1.47. The minimum absolute atomic E-state index is 0.00405. The zero-order chi connectivity index (χ0) is 27.5. The summed E-state index contributed by atoms with van der Waals surface area (Å²) in [4.78, 5) is 33.7. The second-order valence-electron chi connectivity index (χ2n) is 9.82. The van der Waals surface area contributed by atoms with E-state index >= 15 is 0 Å². The lowest BCUT2D eigenvalue weighted by Gasteiger charge is -2.28. The quantitative estimate of drug-likeness (QED) is 0.232. The molecule has 0 bridgehead atoms. The maximum Gasteiger partial charge on any atom is 0.318 e. The van der Waals surface area contributed by atoms with Crippen molar-refractivity contribution in [3.63, 3.8) is 0 Å². The van der Waals surface area contributed by atoms with E-state index in [1.165, 1.54) is 16.5 Å². The summed E-state index contributed by atoms with van der Waals surface area (Å²) in [6.07, 6.45) is 3.38. The van der Waals surface area contributed by atoms with Crippen LogP contribution in [0.1, 0.15) is 28.7 Å². The van der Waals surface area contributed by atoms with Gasteiger partial charge in [0, 0.05) is 57.0 Å². The van der Waals surface area contributed by atoms with Crippen molar-refractivity contribution < 1.29 is 14.3 Å². The molecule has 3 aromatic carbocycles. The molecule has 0 aliphatic rings. The average molecular weight is 527 g/mol. The number of para-hydroxylation sites is 1. The second-order valence-corrected chi connectivity index (χ2v) is 9.82. The van der Waals surface area contributed by atoms with Crippen molar-refractivity contribution in [2.75, 3.05) is 33.4 Å². The lowest BCUT2D eigenvalue weighted by atomic mass is 10.1. The third-order valence-corrected chi connectivity index (χ3v) is 6.85. The Bertz CT molecular complexity index is 1330. The molecular formula is C32H38N4O3. The zero-order valence-corrected chi connectivity index (χ0v) is 22.9. The number of benzene rings is 3. The number of hydrogen-bond donors (Lipinski definition) is 2. The van der Waals surface area contributed by atoms with Gasteiger partial charge in [-0.2, -0.15) is 0 Å². The summed E-state index contributed by atoms with van der Waals surface area (Å²) < 4.78 is 5.20. The molecule has 39 heavy (non-hydrogen) atoms. The largest absolute Gasteiger partial charge is 0.385 e. The molecule has 1 heterocycles. The first kappa shape index (κ1) is 27.9. The number of amides is 3. The van der Waals surface area contributed by atoms with Gasteiger partial charge in [0.25, 0.3) is 0 Å². The first-order valence-corrected chi connectivity index (χ1v) is 13.5. The van der Waals surface area contributed by atoms with Gasteiger partial charge in [-0.3, -0.25) is 4.79 Å². The Hall–Kier alpha value is -4.10. The smallest absolute Gasteiger partial charge is 0.318 e. The highest BCUT2D eigenvalue weighted by atomic mass is 16.5. The van der Waals surface area contributed by atoms with Crippen LogP contribution in [0.2, 0.25) is 0 Å². The van der Waals surface area contributed by atoms with E-state index in [-0.39, 0.29) is 18.5 Å². The van der Waals surface area contributed by atoms with Crippen LogP contribution in [0.3, 0.4) is 0 Å². The normalized spacial score (nSPS) is 10.9. The Morgan fingerprint density at radius 2 is 1.62 bits per heavy atom. The second kappa shape index (κ2) is 14.2. The molecule has 0 unspecified atom stereocenters. The van der Waals surface area contributed by atoms with Crippen LogP contribution in [0.25, 0.3) is 10.9 Å². The standard InChI is InChI=1S/C32H38N4O3/c1-25-13-15-27(16-14-25)23-35(19-17-28-22-33-30-12-7-6-11-29(28)30)31(37)24-36(18-8-20-39-2)32(38)34-21-26-9-4-3-5-10-26/h3-7,9-16,22,33H,8,17-21,23-24H2,1-2H3,(H,34,38). The molecule has 0 aliphatic heterocycles. The van der Waals surface area contributed by atoms with Crippen molar-refractivity contribution in [2.24, 2.45) is 0 Å². The van der Waals surface area contributed by atoms with Crippen molar-refractivity contribution in [3.05, 3.63) is 107 Å². The van der Waals surface area contributed by atoms with E-state index in [9.17, 15) is 9.59 Å². The molecule has 4 aromatic rings. The number of urea groups is 1. The minimum Gasteiger partial charge on any atom is -0.385 e. The van der Waals surface area contributed by atoms with Crippen molar-refractivity contribution in [3.8, 4) is 0 Å². The van der Waals surface area contributed by atoms with Gasteiger partial charge in [-0.05, 0) is 42.5 Å². The fourth-order valence-corrected chi connectivity index (χ4v) is 4.60. The number of aromatic amines is 1. The number of ether oxygens (including phenoxy) is 1. The summed E-state index contributed by atoms with van der Waals surface area (Å²) >= 11 is 0. The monoisotopic (exact) mass is 526 g/mol. The average Bonchev–Trinajstić information content (AvgIpc) is 3.38. The van der Waals surface area contributed by atoms with Gasteiger partial charge in [-0.15, -0.1) is 0 Å². The first-order chi connectivity index (χ1) is 19.0. The van der Waals surface area contributed by atoms with Crippen LogP contribution in [0.15, 0.2) is 85.1 Å². The highest BCUT2D eigenvalue weighted by molar-refractivity contribution is 5.85. The number of H-pyrrole nitrogens is 1. The van der Waals surface area contributed by atoms with Crippen molar-refractivity contribution in [2.45, 2.75) is 32.9 Å². The molecule has 3 amide bonds. The summed E-state index contributed by atoms with van der Waals surface area (Å²) in [7, 11) is 1.64. The lowest BCUT2D eigenvalue weighted by molar-refractivity contribution is -0.132. The van der Waals surface area contributed by atoms with E-state index in [0.717, 1.165) is 16.6 Å². The van der Waals surface area contributed by atoms with Crippen molar-refractivity contribution in [1.82, 2.24) is 20.1 Å². The number of aryl methyl sites for hydroxylation is 1. The summed E-state index contributed by atoms with van der Waals surface area (Å²) in [6.45, 7) is 4.44. The van der Waals surface area contributed by atoms with E-state index in [2.05, 4.69) is 53.6 Å². The van der Waals surface area contributed by atoms with E-state index < -0.39 is 0 Å². The molecule has 0 radical (unpaired) electrons. The van der Waals surface area contributed by atoms with Crippen LogP contribution in [-0.2, 0) is 29.0 Å². The molecule has 0 saturated carbocycles. The zero-order valence-electron chi connectivity index (χ0n) is 22.9. The molecule has 4 rings (SSSR count). The molecule has 204 valence electrons. The maximum absolute atomic E-state index is 13.7. The first-order valence-electron chi connectivity index (χ1n) is 13.5. The topological polar surface area (TPSA) is 77.7 Å². The summed E-state index contributed by atoms with van der Waals surface area (Å²) in [5.41, 5.74) is 5.50. The number of nitrogens with one attached hydrogen (secondary N) is 2. The van der Waals surface area contributed by atoms with Gasteiger partial charge >= 0.3 is 6.03 Å². The Labute approximate surface area is 230 Å². The molecule has 0 fully saturated rings. The van der Waals surface area contributed by atoms with Crippen molar-refractivity contribution in [1.29, 1.82) is 0 Å². The molecule has 1 aromatic heterocycles. The van der Waals surface area contributed by atoms with Gasteiger partial charge in [0.2, 0.25) is 5.91 Å². The number of methoxy groups -OCH3 is 1. The molecule has 7 heteroatoms. The van der Waals surface area contributed by atoms with Crippen molar-refractivity contribution >= 4 is 22.8 Å². The fourth-order valence-electron chi connectivity index (χ4n) is 4.60. The van der Waals surface area contributed by atoms with E-state index in [0.29, 0.717) is 45.6 Å². The maximum atomic E-state index is 13.7. The van der Waals surface area contributed by atoms with Gasteiger partial charge in [0.05, 0.1) is 0 Å². The number of hydrogen-bond acceptors (Lipinski definition) is 3. The SMILES string of the molecule is COCCCN(CC(=O)N(CCc1c[nH]c2ccccc12)Cc1ccc(C)cc1)C(=O)NCc1ccccc1. The third-order valence-electron chi connectivity index (χ3n) is 6.85. The Morgan fingerprint density at radius 1 is 0.872 bits per heavy atom. The van der Waals surface area contributed by atoms with Crippen LogP contribution in [-0.4, -0.2) is 60.1 Å². The minimum atomic E-state index is -0.254. The number of rotatable bonds is 13. The molecule has 0 saturated heterocycles. The number of carbonyl (C=O) groups excluding carboxylic acids is 2. The van der Waals surface area contributed by atoms with Crippen LogP contribution < -0.4 is 5.32 Å². The fraction of sp³-hybridized carbons (Fsp3) is 0.312. The van der Waals surface area contributed by atoms with Crippen LogP contribution in [0, 0.1) is 6.92 Å². The Morgan fingerprint density at radius 3 is 2.38 bits per heavy atom. The van der Waals surface area contributed by atoms with Gasteiger partial charge < -0.3 is 24.8 Å². The molecule has 2 N–H and O–H groups in total. The summed E-state index contributed by atoms with van der Waals surface area (Å²) in [5.74, 6) is -0.0808. The highest BCUT2D eigenvalue weighted by Crippen LogP contribution is 2.19. The molecule has 0 atom stereocenters. The predicted molar refractivity (Wildman–Crippen MR) is 155 cm³/mol. The lowest BCUT2D eigenvalue weighted by Crippen LogP contribution is -2.47. The van der Waals surface area contributed by atoms with Gasteiger partial charge in [-0.25, -0.2) is 4.79 Å². The van der Waals surface area contributed by atoms with Crippen LogP contribution in [0.5, 0.6) is 0 Å². The van der Waals surface area contributed by atoms with E-state index in [1.807, 2.05) is 53.6 Å². The number of fused-ring (bicyclic) bond motifs is 1. The van der Waals surface area contributed by atoms with Gasteiger partial charge in [0.1, 0.15) is 6.54 Å². The van der Waals surface area contributed by atoms with Crippen LogP contribution >= 0.6 is 0 Å². The van der Waals surface area contributed by atoms with Crippen LogP contribution in [0.4, 0.5) is 4.79 Å². The van der Waals surface area contributed by atoms with E-state index in [4.69, 9.17) is 4.74 Å². The van der Waals surface area contributed by atoms with E-state index in [1.54, 1.807) is 12.0 Å². The molecular weight excluding hydrogens is 488 g/mol. The molecule has 0 aliphatic carbocycles. The predicted octanol–water partition coefficient (Wildman–Crippen LogP) is 5.30. The van der Waals surface area contributed by atoms with Gasteiger partial charge in [-0.1, -0.05) is 78.4 Å². The number of aromatic nitrogens is 1. The molecule has 0 spiro atoms. The van der Waals surface area contributed by atoms with Gasteiger partial charge in [0.15, 0.2) is 0 Å².